The third-order valence-electron chi connectivity index (χ3n) is 3.21. The van der Waals surface area contributed by atoms with E-state index in [0.29, 0.717) is 0 Å². The topological polar surface area (TPSA) is 54.0 Å². The average Bonchev–Trinajstić information content (AvgIpc) is 2.47. The van der Waals surface area contributed by atoms with Gasteiger partial charge in [-0.2, -0.15) is 0 Å². The molecule has 0 aromatic carbocycles. The zero-order chi connectivity index (χ0) is 15.1. The molecule has 0 bridgehead atoms. The highest BCUT2D eigenvalue weighted by Crippen LogP contribution is 1.98. The van der Waals surface area contributed by atoms with Crippen molar-refractivity contribution < 1.29 is 14.6 Å². The third-order valence-corrected chi connectivity index (χ3v) is 3.21. The van der Waals surface area contributed by atoms with E-state index in [9.17, 15) is 5.11 Å². The fourth-order valence-corrected chi connectivity index (χ4v) is 1.96. The molecule has 5 heteroatoms. The van der Waals surface area contributed by atoms with Gasteiger partial charge in [-0.1, -0.05) is 6.92 Å². The minimum Gasteiger partial charge on any atom is -0.395 e. The summed E-state index contributed by atoms with van der Waals surface area (Å²) in [5, 5.41) is 12.7. The Kier molecular flexibility index (Phi) is 15.0. The Hall–Kier alpha value is -0.200. The van der Waals surface area contributed by atoms with Gasteiger partial charge in [-0.05, 0) is 39.8 Å². The van der Waals surface area contributed by atoms with Crippen molar-refractivity contribution in [1.82, 2.24) is 10.2 Å². The minimum atomic E-state index is 0.191. The molecule has 122 valence electrons. The molecule has 0 aliphatic rings. The number of nitrogens with one attached hydrogen (secondary N) is 1. The largest absolute Gasteiger partial charge is 0.395 e. The van der Waals surface area contributed by atoms with Crippen molar-refractivity contribution in [2.75, 3.05) is 59.2 Å². The summed E-state index contributed by atoms with van der Waals surface area (Å²) in [7, 11) is 0. The first-order valence-corrected chi connectivity index (χ1v) is 8.00. The van der Waals surface area contributed by atoms with Gasteiger partial charge in [-0.25, -0.2) is 0 Å². The van der Waals surface area contributed by atoms with Gasteiger partial charge in [0, 0.05) is 32.3 Å². The van der Waals surface area contributed by atoms with Crippen LogP contribution in [0.5, 0.6) is 0 Å². The van der Waals surface area contributed by atoms with Crippen LogP contribution in [0, 0.1) is 0 Å². The molecule has 0 radical (unpaired) electrons. The second-order valence-corrected chi connectivity index (χ2v) is 4.86. The molecule has 1 atom stereocenters. The number of hydrogen-bond donors (Lipinski definition) is 2. The van der Waals surface area contributed by atoms with Crippen LogP contribution in [0.1, 0.15) is 33.6 Å². The third kappa shape index (κ3) is 11.6. The first kappa shape index (κ1) is 19.8. The normalized spacial score (nSPS) is 13.1. The van der Waals surface area contributed by atoms with Crippen LogP contribution in [0.2, 0.25) is 0 Å². The van der Waals surface area contributed by atoms with Gasteiger partial charge in [0.2, 0.25) is 0 Å². The first-order valence-electron chi connectivity index (χ1n) is 8.00. The smallest absolute Gasteiger partial charge is 0.0593 e. The lowest BCUT2D eigenvalue weighted by Crippen LogP contribution is -2.39. The van der Waals surface area contributed by atoms with Crippen LogP contribution in [0.15, 0.2) is 0 Å². The van der Waals surface area contributed by atoms with Gasteiger partial charge < -0.3 is 19.9 Å². The lowest BCUT2D eigenvalue weighted by Gasteiger charge is -2.24. The second-order valence-electron chi connectivity index (χ2n) is 4.86. The summed E-state index contributed by atoms with van der Waals surface area (Å²) in [6.07, 6.45) is 2.05. The summed E-state index contributed by atoms with van der Waals surface area (Å²) >= 11 is 0. The molecule has 0 fully saturated rings. The van der Waals surface area contributed by atoms with Crippen molar-refractivity contribution in [3.63, 3.8) is 0 Å². The monoisotopic (exact) mass is 290 g/mol. The maximum absolute atomic E-state index is 9.36. The summed E-state index contributed by atoms with van der Waals surface area (Å²) in [6.45, 7) is 13.2. The van der Waals surface area contributed by atoms with E-state index in [1.54, 1.807) is 0 Å². The Bertz CT molecular complexity index is 184. The summed E-state index contributed by atoms with van der Waals surface area (Å²) in [5.41, 5.74) is 0. The Balaban J connectivity index is 3.96. The van der Waals surface area contributed by atoms with E-state index in [2.05, 4.69) is 17.1 Å². The molecule has 20 heavy (non-hydrogen) atoms. The number of hydrogen-bond acceptors (Lipinski definition) is 5. The molecule has 0 aromatic rings. The maximum atomic E-state index is 9.36. The molecule has 0 spiro atoms. The van der Waals surface area contributed by atoms with Gasteiger partial charge in [0.1, 0.15) is 0 Å². The van der Waals surface area contributed by atoms with Gasteiger partial charge in [-0.3, -0.25) is 4.90 Å². The standard InChI is InChI=1S/C15H34N2O3/c1-4-8-16-15(14-18)7-9-17(10-12-19-5-2)11-13-20-6-3/h15-16,18H,4-14H2,1-3H3. The molecule has 0 amide bonds. The van der Waals surface area contributed by atoms with Crippen LogP contribution in [0.4, 0.5) is 0 Å². The average molecular weight is 290 g/mol. The molecule has 0 saturated carbocycles. The first-order chi connectivity index (χ1) is 9.78. The van der Waals surface area contributed by atoms with Crippen molar-refractivity contribution in [2.45, 2.75) is 39.7 Å². The predicted molar refractivity (Wildman–Crippen MR) is 83.2 cm³/mol. The van der Waals surface area contributed by atoms with Crippen LogP contribution in [-0.2, 0) is 9.47 Å². The van der Waals surface area contributed by atoms with Crippen molar-refractivity contribution >= 4 is 0 Å². The molecule has 5 nitrogen and oxygen atoms in total. The number of aliphatic hydroxyl groups is 1. The number of rotatable bonds is 15. The number of aliphatic hydroxyl groups excluding tert-OH is 1. The zero-order valence-electron chi connectivity index (χ0n) is 13.6. The van der Waals surface area contributed by atoms with Crippen molar-refractivity contribution in [3.8, 4) is 0 Å². The van der Waals surface area contributed by atoms with Crippen LogP contribution < -0.4 is 5.32 Å². The fourth-order valence-electron chi connectivity index (χ4n) is 1.96. The van der Waals surface area contributed by atoms with Crippen molar-refractivity contribution in [3.05, 3.63) is 0 Å². The van der Waals surface area contributed by atoms with Crippen molar-refractivity contribution in [2.24, 2.45) is 0 Å². The molecular weight excluding hydrogens is 256 g/mol. The van der Waals surface area contributed by atoms with E-state index < -0.39 is 0 Å². The van der Waals surface area contributed by atoms with E-state index >= 15 is 0 Å². The highest BCUT2D eigenvalue weighted by molar-refractivity contribution is 4.68. The van der Waals surface area contributed by atoms with Crippen LogP contribution in [0.25, 0.3) is 0 Å². The molecule has 0 aliphatic carbocycles. The quantitative estimate of drug-likeness (QED) is 0.443. The summed E-state index contributed by atoms with van der Waals surface area (Å²) in [5.74, 6) is 0. The van der Waals surface area contributed by atoms with Crippen LogP contribution in [-0.4, -0.2) is 75.3 Å². The minimum absolute atomic E-state index is 0.191. The molecule has 0 heterocycles. The lowest BCUT2D eigenvalue weighted by molar-refractivity contribution is 0.0795. The Morgan fingerprint density at radius 1 is 1.00 bits per heavy atom. The van der Waals surface area contributed by atoms with Gasteiger partial charge >= 0.3 is 0 Å². The molecule has 0 saturated heterocycles. The SMILES string of the molecule is CCCNC(CO)CCN(CCOCC)CCOCC. The lowest BCUT2D eigenvalue weighted by atomic mass is 10.2. The van der Waals surface area contributed by atoms with Gasteiger partial charge in [0.05, 0.1) is 19.8 Å². The molecule has 0 aromatic heterocycles. The Morgan fingerprint density at radius 2 is 1.60 bits per heavy atom. The molecule has 2 N–H and O–H groups in total. The van der Waals surface area contributed by atoms with Gasteiger partial charge in [0.15, 0.2) is 0 Å². The fraction of sp³-hybridized carbons (Fsp3) is 1.00. The summed E-state index contributed by atoms with van der Waals surface area (Å²) < 4.78 is 10.8. The zero-order valence-corrected chi connectivity index (χ0v) is 13.6. The van der Waals surface area contributed by atoms with E-state index in [1.807, 2.05) is 13.8 Å². The predicted octanol–water partition coefficient (Wildman–Crippen LogP) is 1.11. The summed E-state index contributed by atoms with van der Waals surface area (Å²) in [4.78, 5) is 2.35. The molecular formula is C15H34N2O3. The van der Waals surface area contributed by atoms with E-state index in [4.69, 9.17) is 9.47 Å². The molecule has 0 aliphatic heterocycles. The highest BCUT2D eigenvalue weighted by atomic mass is 16.5. The molecule has 1 unspecified atom stereocenters. The summed E-state index contributed by atoms with van der Waals surface area (Å²) in [6, 6.07) is 0.191. The van der Waals surface area contributed by atoms with E-state index in [0.717, 1.165) is 65.4 Å². The van der Waals surface area contributed by atoms with Crippen LogP contribution in [0.3, 0.4) is 0 Å². The molecule has 0 rings (SSSR count). The van der Waals surface area contributed by atoms with E-state index in [1.165, 1.54) is 0 Å². The Morgan fingerprint density at radius 3 is 2.05 bits per heavy atom. The van der Waals surface area contributed by atoms with Crippen LogP contribution >= 0.6 is 0 Å². The van der Waals surface area contributed by atoms with Crippen molar-refractivity contribution in [1.29, 1.82) is 0 Å². The second kappa shape index (κ2) is 15.2. The number of nitrogens with zero attached hydrogens (tertiary/aromatic N) is 1. The maximum Gasteiger partial charge on any atom is 0.0593 e. The highest BCUT2D eigenvalue weighted by Gasteiger charge is 2.10. The van der Waals surface area contributed by atoms with Gasteiger partial charge in [-0.15, -0.1) is 0 Å². The van der Waals surface area contributed by atoms with E-state index in [-0.39, 0.29) is 12.6 Å². The van der Waals surface area contributed by atoms with Gasteiger partial charge in [0.25, 0.3) is 0 Å². The Labute approximate surface area is 124 Å². The number of ether oxygens (including phenoxy) is 2.